The Balaban J connectivity index is 2.32. The van der Waals surface area contributed by atoms with Crippen LogP contribution in [0.4, 0.5) is 14.9 Å². The minimum Gasteiger partial charge on any atom is -0.481 e. The van der Waals surface area contributed by atoms with Crippen LogP contribution in [0.25, 0.3) is 0 Å². The molecule has 1 N–H and O–H groups in total. The van der Waals surface area contributed by atoms with Crippen molar-refractivity contribution in [2.75, 3.05) is 11.5 Å². The molecule has 1 heterocycles. The summed E-state index contributed by atoms with van der Waals surface area (Å²) in [5.74, 6) is -1.50. The molecule has 2 rings (SSSR count). The fourth-order valence-electron chi connectivity index (χ4n) is 2.15. The predicted molar refractivity (Wildman–Crippen MR) is 65.5 cm³/mol. The molecule has 1 aromatic carbocycles. The van der Waals surface area contributed by atoms with Crippen LogP contribution in [0.15, 0.2) is 24.3 Å². The average molecular weight is 267 g/mol. The normalized spacial score (nSPS) is 22.4. The van der Waals surface area contributed by atoms with Gasteiger partial charge in [-0.15, -0.1) is 0 Å². The van der Waals surface area contributed by atoms with Gasteiger partial charge >= 0.3 is 12.1 Å². The number of aliphatic carboxylic acids is 1. The van der Waals surface area contributed by atoms with Crippen LogP contribution in [-0.4, -0.2) is 29.3 Å². The lowest BCUT2D eigenvalue weighted by Gasteiger charge is -2.31. The lowest BCUT2D eigenvalue weighted by atomic mass is 9.95. The number of carbonyl (C=O) groups excluding carboxylic acids is 1. The minimum atomic E-state index is -0.964. The molecule has 0 saturated carbocycles. The first kappa shape index (κ1) is 13.3. The van der Waals surface area contributed by atoms with Crippen molar-refractivity contribution in [3.05, 3.63) is 30.1 Å². The van der Waals surface area contributed by atoms with Crippen LogP contribution in [-0.2, 0) is 9.53 Å². The van der Waals surface area contributed by atoms with Crippen LogP contribution in [0.1, 0.15) is 19.8 Å². The number of cyclic esters (lactones) is 1. The molecule has 5 nitrogen and oxygen atoms in total. The van der Waals surface area contributed by atoms with Crippen LogP contribution in [0.2, 0.25) is 0 Å². The largest absolute Gasteiger partial charge is 0.481 e. The molecule has 1 unspecified atom stereocenters. The second-order valence-corrected chi connectivity index (χ2v) is 4.73. The Hall–Kier alpha value is -2.11. The van der Waals surface area contributed by atoms with Gasteiger partial charge in [0.2, 0.25) is 0 Å². The molecule has 1 saturated heterocycles. The summed E-state index contributed by atoms with van der Waals surface area (Å²) in [5.41, 5.74) is -0.740. The van der Waals surface area contributed by atoms with E-state index in [1.54, 1.807) is 13.0 Å². The van der Waals surface area contributed by atoms with Gasteiger partial charge in [0.05, 0.1) is 11.2 Å². The van der Waals surface area contributed by atoms with Gasteiger partial charge in [-0.1, -0.05) is 12.1 Å². The average Bonchev–Trinajstić information content (AvgIpc) is 2.65. The summed E-state index contributed by atoms with van der Waals surface area (Å²) in [5, 5.41) is 8.75. The Morgan fingerprint density at radius 2 is 2.21 bits per heavy atom. The van der Waals surface area contributed by atoms with Gasteiger partial charge in [0.25, 0.3) is 0 Å². The summed E-state index contributed by atoms with van der Waals surface area (Å²) in [6.07, 6.45) is -0.571. The fourth-order valence-corrected chi connectivity index (χ4v) is 2.15. The molecule has 102 valence electrons. The van der Waals surface area contributed by atoms with Crippen LogP contribution >= 0.6 is 0 Å². The number of anilines is 1. The van der Waals surface area contributed by atoms with E-state index in [2.05, 4.69) is 0 Å². The molecule has 1 aliphatic heterocycles. The third kappa shape index (κ3) is 2.52. The van der Waals surface area contributed by atoms with Crippen molar-refractivity contribution in [2.45, 2.75) is 25.3 Å². The minimum absolute atomic E-state index is 0.0491. The van der Waals surface area contributed by atoms with Crippen molar-refractivity contribution in [2.24, 2.45) is 0 Å². The molecule has 0 aliphatic carbocycles. The van der Waals surface area contributed by atoms with E-state index in [0.717, 1.165) is 0 Å². The van der Waals surface area contributed by atoms with Crippen molar-refractivity contribution in [3.8, 4) is 0 Å². The van der Waals surface area contributed by atoms with Crippen LogP contribution < -0.4 is 4.90 Å². The molecule has 19 heavy (non-hydrogen) atoms. The van der Waals surface area contributed by atoms with E-state index < -0.39 is 23.4 Å². The number of halogens is 1. The van der Waals surface area contributed by atoms with Crippen molar-refractivity contribution < 1.29 is 23.8 Å². The number of para-hydroxylation sites is 1. The highest BCUT2D eigenvalue weighted by Crippen LogP contribution is 2.35. The van der Waals surface area contributed by atoms with Gasteiger partial charge in [-0.05, 0) is 25.5 Å². The van der Waals surface area contributed by atoms with E-state index in [9.17, 15) is 14.0 Å². The van der Waals surface area contributed by atoms with E-state index in [-0.39, 0.29) is 25.1 Å². The Kier molecular flexibility index (Phi) is 3.42. The van der Waals surface area contributed by atoms with Crippen molar-refractivity contribution in [1.82, 2.24) is 0 Å². The Bertz CT molecular complexity index is 519. The summed E-state index contributed by atoms with van der Waals surface area (Å²) >= 11 is 0. The number of carboxylic acids is 1. The highest BCUT2D eigenvalue weighted by Gasteiger charge is 2.45. The zero-order chi connectivity index (χ0) is 14.0. The van der Waals surface area contributed by atoms with E-state index in [4.69, 9.17) is 9.84 Å². The number of hydrogen-bond donors (Lipinski definition) is 1. The SMILES string of the molecule is CC1(CCC(=O)O)COC(=O)N1c1ccccc1F. The Morgan fingerprint density at radius 1 is 1.53 bits per heavy atom. The van der Waals surface area contributed by atoms with Gasteiger partial charge in [-0.3, -0.25) is 9.69 Å². The predicted octanol–water partition coefficient (Wildman–Crippen LogP) is 2.41. The number of carboxylic acid groups (broad SMARTS) is 1. The molecule has 1 aromatic rings. The number of benzene rings is 1. The van der Waals surface area contributed by atoms with Gasteiger partial charge in [0.15, 0.2) is 0 Å². The number of nitrogens with zero attached hydrogens (tertiary/aromatic N) is 1. The summed E-state index contributed by atoms with van der Waals surface area (Å²) in [7, 11) is 0. The first-order valence-electron chi connectivity index (χ1n) is 5.87. The maximum Gasteiger partial charge on any atom is 0.415 e. The van der Waals surface area contributed by atoms with E-state index in [1.807, 2.05) is 0 Å². The smallest absolute Gasteiger partial charge is 0.415 e. The second kappa shape index (κ2) is 4.87. The van der Waals surface area contributed by atoms with Crippen molar-refractivity contribution >= 4 is 17.7 Å². The van der Waals surface area contributed by atoms with E-state index in [1.165, 1.54) is 23.1 Å². The molecule has 1 aliphatic rings. The zero-order valence-corrected chi connectivity index (χ0v) is 10.4. The number of carbonyl (C=O) groups is 2. The van der Waals surface area contributed by atoms with Crippen molar-refractivity contribution in [3.63, 3.8) is 0 Å². The van der Waals surface area contributed by atoms with Crippen LogP contribution in [0, 0.1) is 5.82 Å². The number of amides is 1. The zero-order valence-electron chi connectivity index (χ0n) is 10.4. The standard InChI is InChI=1S/C13H14FNO4/c1-13(7-6-11(16)17)8-19-12(18)15(13)10-5-3-2-4-9(10)14/h2-5H,6-8H2,1H3,(H,16,17). The molecule has 0 aromatic heterocycles. The molecule has 0 spiro atoms. The van der Waals surface area contributed by atoms with E-state index in [0.29, 0.717) is 0 Å². The van der Waals surface area contributed by atoms with Gasteiger partial charge in [0.1, 0.15) is 12.4 Å². The topological polar surface area (TPSA) is 66.8 Å². The molecule has 1 amide bonds. The fraction of sp³-hybridized carbons (Fsp3) is 0.385. The van der Waals surface area contributed by atoms with Crippen LogP contribution in [0.5, 0.6) is 0 Å². The second-order valence-electron chi connectivity index (χ2n) is 4.73. The lowest BCUT2D eigenvalue weighted by molar-refractivity contribution is -0.137. The molecule has 0 bridgehead atoms. The molecular weight excluding hydrogens is 253 g/mol. The highest BCUT2D eigenvalue weighted by atomic mass is 19.1. The lowest BCUT2D eigenvalue weighted by Crippen LogP contribution is -2.45. The van der Waals surface area contributed by atoms with Gasteiger partial charge in [0, 0.05) is 6.42 Å². The molecular formula is C13H14FNO4. The molecule has 1 fully saturated rings. The summed E-state index contributed by atoms with van der Waals surface area (Å²) in [6.45, 7) is 1.74. The first-order chi connectivity index (χ1) is 8.94. The molecule has 6 heteroatoms. The summed E-state index contributed by atoms with van der Waals surface area (Å²) < 4.78 is 18.7. The number of ether oxygens (including phenoxy) is 1. The number of rotatable bonds is 4. The quantitative estimate of drug-likeness (QED) is 0.909. The maximum atomic E-state index is 13.8. The first-order valence-corrected chi connectivity index (χ1v) is 5.87. The van der Waals surface area contributed by atoms with Crippen LogP contribution in [0.3, 0.4) is 0 Å². The molecule has 1 atom stereocenters. The third-order valence-electron chi connectivity index (χ3n) is 3.20. The van der Waals surface area contributed by atoms with Gasteiger partial charge in [-0.2, -0.15) is 0 Å². The van der Waals surface area contributed by atoms with Crippen molar-refractivity contribution in [1.29, 1.82) is 0 Å². The number of hydrogen-bond acceptors (Lipinski definition) is 3. The Labute approximate surface area is 109 Å². The third-order valence-corrected chi connectivity index (χ3v) is 3.20. The molecule has 0 radical (unpaired) electrons. The Morgan fingerprint density at radius 3 is 2.84 bits per heavy atom. The summed E-state index contributed by atoms with van der Waals surface area (Å²) in [4.78, 5) is 23.6. The highest BCUT2D eigenvalue weighted by molar-refractivity contribution is 5.91. The van der Waals surface area contributed by atoms with E-state index >= 15 is 0 Å². The van der Waals surface area contributed by atoms with Gasteiger partial charge < -0.3 is 9.84 Å². The summed E-state index contributed by atoms with van der Waals surface area (Å²) in [6, 6.07) is 5.86. The maximum absolute atomic E-state index is 13.8. The monoisotopic (exact) mass is 267 g/mol. The van der Waals surface area contributed by atoms with Gasteiger partial charge in [-0.25, -0.2) is 9.18 Å².